The largest absolute Gasteiger partial charge is 0.383 e. The summed E-state index contributed by atoms with van der Waals surface area (Å²) in [5.41, 5.74) is 2.10. The molecule has 0 amide bonds. The molecule has 2 aromatic heterocycles. The molecule has 0 aliphatic rings. The molecule has 0 spiro atoms. The lowest BCUT2D eigenvalue weighted by Crippen LogP contribution is -2.26. The molecular weight excluding hydrogens is 285 g/mol. The maximum absolute atomic E-state index is 13.0. The first-order valence-electron chi connectivity index (χ1n) is 6.98. The molecule has 22 heavy (non-hydrogen) atoms. The monoisotopic (exact) mass is 301 g/mol. The lowest BCUT2D eigenvalue weighted by molar-refractivity contribution is 0.187. The number of nitrogens with zero attached hydrogens (tertiary/aromatic N) is 3. The molecule has 0 bridgehead atoms. The van der Waals surface area contributed by atoms with Gasteiger partial charge in [0.2, 0.25) is 0 Å². The fourth-order valence-electron chi connectivity index (χ4n) is 2.46. The Labute approximate surface area is 126 Å². The molecule has 0 saturated heterocycles. The quantitative estimate of drug-likeness (QED) is 0.724. The third kappa shape index (κ3) is 2.65. The first-order valence-corrected chi connectivity index (χ1v) is 6.98. The van der Waals surface area contributed by atoms with Gasteiger partial charge in [0.25, 0.3) is 0 Å². The van der Waals surface area contributed by atoms with Gasteiger partial charge < -0.3 is 4.74 Å². The fourth-order valence-corrected chi connectivity index (χ4v) is 2.46. The van der Waals surface area contributed by atoms with E-state index in [2.05, 4.69) is 4.98 Å². The number of pyridine rings is 1. The average Bonchev–Trinajstić information content (AvgIpc) is 2.80. The Hall–Kier alpha value is -2.47. The van der Waals surface area contributed by atoms with Crippen LogP contribution in [0, 0.1) is 5.82 Å². The van der Waals surface area contributed by atoms with Gasteiger partial charge in [-0.3, -0.25) is 9.13 Å². The summed E-state index contributed by atoms with van der Waals surface area (Å²) in [6.45, 7) is 1.26. The van der Waals surface area contributed by atoms with Gasteiger partial charge in [-0.1, -0.05) is 12.1 Å². The zero-order valence-electron chi connectivity index (χ0n) is 12.2. The number of aromatic nitrogens is 3. The van der Waals surface area contributed by atoms with E-state index in [-0.39, 0.29) is 11.5 Å². The van der Waals surface area contributed by atoms with E-state index < -0.39 is 0 Å². The van der Waals surface area contributed by atoms with Gasteiger partial charge in [-0.2, -0.15) is 0 Å². The van der Waals surface area contributed by atoms with Gasteiger partial charge in [0.15, 0.2) is 5.65 Å². The predicted molar refractivity (Wildman–Crippen MR) is 81.4 cm³/mol. The van der Waals surface area contributed by atoms with Gasteiger partial charge in [0, 0.05) is 13.3 Å². The second-order valence-corrected chi connectivity index (χ2v) is 4.99. The number of hydrogen-bond acceptors (Lipinski definition) is 3. The van der Waals surface area contributed by atoms with Crippen LogP contribution in [0.2, 0.25) is 0 Å². The van der Waals surface area contributed by atoms with E-state index in [4.69, 9.17) is 4.74 Å². The summed E-state index contributed by atoms with van der Waals surface area (Å²) in [5.74, 6) is -0.291. The highest BCUT2D eigenvalue weighted by Gasteiger charge is 2.13. The number of fused-ring (bicyclic) bond motifs is 1. The Kier molecular flexibility index (Phi) is 4.02. The molecule has 0 N–H and O–H groups in total. The summed E-state index contributed by atoms with van der Waals surface area (Å²) < 4.78 is 21.3. The van der Waals surface area contributed by atoms with Crippen LogP contribution in [0.25, 0.3) is 11.2 Å². The van der Waals surface area contributed by atoms with Crippen molar-refractivity contribution in [1.82, 2.24) is 14.1 Å². The Morgan fingerprint density at radius 3 is 2.68 bits per heavy atom. The van der Waals surface area contributed by atoms with E-state index in [1.165, 1.54) is 12.1 Å². The number of imidazole rings is 1. The average molecular weight is 301 g/mol. The molecule has 3 rings (SSSR count). The van der Waals surface area contributed by atoms with Crippen molar-refractivity contribution in [3.8, 4) is 0 Å². The van der Waals surface area contributed by atoms with Crippen molar-refractivity contribution in [3.05, 3.63) is 64.5 Å². The van der Waals surface area contributed by atoms with Gasteiger partial charge >= 0.3 is 5.69 Å². The van der Waals surface area contributed by atoms with Gasteiger partial charge in [-0.25, -0.2) is 14.2 Å². The van der Waals surface area contributed by atoms with Gasteiger partial charge in [-0.05, 0) is 29.8 Å². The van der Waals surface area contributed by atoms with Crippen molar-refractivity contribution in [2.75, 3.05) is 13.7 Å². The number of halogens is 1. The third-order valence-corrected chi connectivity index (χ3v) is 3.55. The number of hydrogen-bond donors (Lipinski definition) is 0. The number of methoxy groups -OCH3 is 1. The second kappa shape index (κ2) is 6.11. The number of ether oxygens (including phenoxy) is 1. The normalized spacial score (nSPS) is 11.2. The van der Waals surface area contributed by atoms with Crippen LogP contribution in [0.5, 0.6) is 0 Å². The van der Waals surface area contributed by atoms with Crippen LogP contribution in [-0.4, -0.2) is 27.8 Å². The highest BCUT2D eigenvalue weighted by Crippen LogP contribution is 2.12. The maximum atomic E-state index is 13.0. The zero-order chi connectivity index (χ0) is 15.5. The van der Waals surface area contributed by atoms with Crippen molar-refractivity contribution in [3.63, 3.8) is 0 Å². The molecule has 0 aliphatic carbocycles. The lowest BCUT2D eigenvalue weighted by atomic mass is 10.2. The SMILES string of the molecule is COCCn1c(=O)n(Cc2ccc(F)cc2)c2cccnc21. The Bertz CT molecular complexity index is 837. The fraction of sp³-hybridized carbons (Fsp3) is 0.250. The van der Waals surface area contributed by atoms with E-state index in [9.17, 15) is 9.18 Å². The molecule has 5 nitrogen and oxygen atoms in total. The lowest BCUT2D eigenvalue weighted by Gasteiger charge is -2.03. The smallest absolute Gasteiger partial charge is 0.330 e. The standard InChI is InChI=1S/C16H16FN3O2/c1-22-10-9-19-15-14(3-2-8-18-15)20(16(19)21)11-12-4-6-13(17)7-5-12/h2-8H,9-11H2,1H3. The van der Waals surface area contributed by atoms with Crippen LogP contribution in [0.3, 0.4) is 0 Å². The Morgan fingerprint density at radius 1 is 1.18 bits per heavy atom. The Morgan fingerprint density at radius 2 is 1.95 bits per heavy atom. The van der Waals surface area contributed by atoms with Crippen molar-refractivity contribution in [2.45, 2.75) is 13.1 Å². The molecule has 0 atom stereocenters. The highest BCUT2D eigenvalue weighted by atomic mass is 19.1. The minimum Gasteiger partial charge on any atom is -0.383 e. The van der Waals surface area contributed by atoms with E-state index in [0.29, 0.717) is 25.3 Å². The van der Waals surface area contributed by atoms with Crippen LogP contribution in [0.15, 0.2) is 47.4 Å². The predicted octanol–water partition coefficient (Wildman–Crippen LogP) is 2.03. The van der Waals surface area contributed by atoms with E-state index in [0.717, 1.165) is 11.1 Å². The topological polar surface area (TPSA) is 49.0 Å². The van der Waals surface area contributed by atoms with Gasteiger partial charge in [0.1, 0.15) is 5.82 Å². The zero-order valence-corrected chi connectivity index (χ0v) is 12.2. The van der Waals surface area contributed by atoms with E-state index in [1.54, 1.807) is 40.6 Å². The number of rotatable bonds is 5. The van der Waals surface area contributed by atoms with Crippen molar-refractivity contribution in [1.29, 1.82) is 0 Å². The van der Waals surface area contributed by atoms with Gasteiger partial charge in [-0.15, -0.1) is 0 Å². The summed E-state index contributed by atoms with van der Waals surface area (Å²) in [6, 6.07) is 9.79. The summed E-state index contributed by atoms with van der Waals surface area (Å²) in [4.78, 5) is 16.9. The Balaban J connectivity index is 2.07. The molecule has 2 heterocycles. The van der Waals surface area contributed by atoms with E-state index >= 15 is 0 Å². The second-order valence-electron chi connectivity index (χ2n) is 4.99. The summed E-state index contributed by atoms with van der Waals surface area (Å²) in [7, 11) is 1.59. The van der Waals surface area contributed by atoms with Crippen molar-refractivity contribution >= 4 is 11.2 Å². The molecule has 114 valence electrons. The van der Waals surface area contributed by atoms with Crippen LogP contribution in [-0.2, 0) is 17.8 Å². The van der Waals surface area contributed by atoms with Crippen molar-refractivity contribution in [2.24, 2.45) is 0 Å². The molecule has 0 radical (unpaired) electrons. The molecule has 3 aromatic rings. The molecule has 0 saturated carbocycles. The molecule has 0 unspecified atom stereocenters. The van der Waals surface area contributed by atoms with Gasteiger partial charge in [0.05, 0.1) is 25.2 Å². The number of benzene rings is 1. The first-order chi connectivity index (χ1) is 10.7. The van der Waals surface area contributed by atoms with Crippen LogP contribution in [0.1, 0.15) is 5.56 Å². The molecule has 1 aromatic carbocycles. The minimum atomic E-state index is -0.291. The highest BCUT2D eigenvalue weighted by molar-refractivity contribution is 5.71. The minimum absolute atomic E-state index is 0.143. The van der Waals surface area contributed by atoms with Crippen LogP contribution in [0.4, 0.5) is 4.39 Å². The summed E-state index contributed by atoms with van der Waals surface area (Å²) in [5, 5.41) is 0. The maximum Gasteiger partial charge on any atom is 0.330 e. The molecule has 0 aliphatic heterocycles. The van der Waals surface area contributed by atoms with Crippen molar-refractivity contribution < 1.29 is 9.13 Å². The van der Waals surface area contributed by atoms with Crippen LogP contribution >= 0.6 is 0 Å². The molecular formula is C16H16FN3O2. The summed E-state index contributed by atoms with van der Waals surface area (Å²) >= 11 is 0. The third-order valence-electron chi connectivity index (χ3n) is 3.55. The first kappa shape index (κ1) is 14.5. The molecule has 0 fully saturated rings. The molecule has 6 heteroatoms. The van der Waals surface area contributed by atoms with E-state index in [1.807, 2.05) is 6.07 Å². The summed E-state index contributed by atoms with van der Waals surface area (Å²) in [6.07, 6.45) is 1.66. The van der Waals surface area contributed by atoms with Crippen LogP contribution < -0.4 is 5.69 Å².